The van der Waals surface area contributed by atoms with Crippen molar-refractivity contribution in [2.45, 2.75) is 26.7 Å². The first-order valence-corrected chi connectivity index (χ1v) is 7.33. The Morgan fingerprint density at radius 1 is 1.32 bits per heavy atom. The molecule has 6 nitrogen and oxygen atoms in total. The van der Waals surface area contributed by atoms with Gasteiger partial charge in [0.05, 0.1) is 29.6 Å². The van der Waals surface area contributed by atoms with Gasteiger partial charge in [0.15, 0.2) is 0 Å². The van der Waals surface area contributed by atoms with E-state index in [9.17, 15) is 9.18 Å². The van der Waals surface area contributed by atoms with E-state index in [2.05, 4.69) is 15.0 Å². The molecule has 1 aliphatic rings. The zero-order valence-electron chi connectivity index (χ0n) is 12.6. The number of aryl methyl sites for hydroxylation is 2. The minimum absolute atomic E-state index is 0.244. The molecule has 0 radical (unpaired) electrons. The lowest BCUT2D eigenvalue weighted by Gasteiger charge is -2.22. The highest BCUT2D eigenvalue weighted by molar-refractivity contribution is 5.92. The molecule has 2 aromatic rings. The molecule has 0 atom stereocenters. The summed E-state index contributed by atoms with van der Waals surface area (Å²) >= 11 is 0. The normalized spacial score (nSPS) is 15.8. The van der Waals surface area contributed by atoms with Crippen LogP contribution in [-0.4, -0.2) is 40.6 Å². The summed E-state index contributed by atoms with van der Waals surface area (Å²) in [5.41, 5.74) is 2.17. The molecule has 0 N–H and O–H groups in total. The molecular formula is C15H17FN4O2. The van der Waals surface area contributed by atoms with Gasteiger partial charge < -0.3 is 9.64 Å². The lowest BCUT2D eigenvalue weighted by atomic mass is 10.1. The number of pyridine rings is 1. The number of anilines is 1. The minimum Gasteiger partial charge on any atom is -0.464 e. The van der Waals surface area contributed by atoms with Gasteiger partial charge in [-0.05, 0) is 19.4 Å². The monoisotopic (exact) mass is 304 g/mol. The van der Waals surface area contributed by atoms with Gasteiger partial charge in [-0.25, -0.2) is 4.98 Å². The molecule has 3 rings (SSSR count). The van der Waals surface area contributed by atoms with Crippen molar-refractivity contribution >= 4 is 22.7 Å². The highest BCUT2D eigenvalue weighted by Gasteiger charge is 2.21. The van der Waals surface area contributed by atoms with E-state index in [1.54, 1.807) is 6.07 Å². The Morgan fingerprint density at radius 3 is 2.91 bits per heavy atom. The average molecular weight is 304 g/mol. The van der Waals surface area contributed by atoms with Crippen molar-refractivity contribution in [1.29, 1.82) is 0 Å². The zero-order chi connectivity index (χ0) is 15.7. The summed E-state index contributed by atoms with van der Waals surface area (Å²) in [6.45, 7) is 5.04. The Balaban J connectivity index is 2.17. The molecule has 3 heterocycles. The van der Waals surface area contributed by atoms with E-state index < -0.39 is 6.08 Å². The fourth-order valence-electron chi connectivity index (χ4n) is 2.69. The molecule has 0 amide bonds. The third kappa shape index (κ3) is 2.70. The number of halogens is 1. The molecule has 0 bridgehead atoms. The molecule has 0 unspecified atom stereocenters. The second-order valence-electron chi connectivity index (χ2n) is 5.23. The fraction of sp³-hybridized carbons (Fsp3) is 0.467. The topological polar surface area (TPSA) is 68.2 Å². The van der Waals surface area contributed by atoms with E-state index in [4.69, 9.17) is 4.74 Å². The van der Waals surface area contributed by atoms with Crippen LogP contribution in [0.1, 0.15) is 24.7 Å². The maximum absolute atomic E-state index is 13.8. The predicted molar refractivity (Wildman–Crippen MR) is 79.2 cm³/mol. The van der Waals surface area contributed by atoms with Crippen LogP contribution in [0.25, 0.3) is 10.9 Å². The van der Waals surface area contributed by atoms with Crippen LogP contribution in [-0.2, 0) is 16.0 Å². The number of nitrogens with zero attached hydrogens (tertiary/aromatic N) is 4. The van der Waals surface area contributed by atoms with Crippen LogP contribution in [0.4, 0.5) is 10.2 Å². The van der Waals surface area contributed by atoms with Crippen molar-refractivity contribution in [1.82, 2.24) is 15.0 Å². The van der Waals surface area contributed by atoms with Crippen LogP contribution in [0.15, 0.2) is 6.07 Å². The summed E-state index contributed by atoms with van der Waals surface area (Å²) in [4.78, 5) is 25.6. The van der Waals surface area contributed by atoms with Crippen molar-refractivity contribution < 1.29 is 13.9 Å². The van der Waals surface area contributed by atoms with Gasteiger partial charge in [-0.1, -0.05) is 6.92 Å². The number of esters is 1. The molecule has 116 valence electrons. The van der Waals surface area contributed by atoms with Gasteiger partial charge in [0, 0.05) is 12.2 Å². The number of aromatic nitrogens is 3. The summed E-state index contributed by atoms with van der Waals surface area (Å²) in [5, 5.41) is 0.754. The lowest BCUT2D eigenvalue weighted by Crippen LogP contribution is -2.28. The number of hydrogen-bond donors (Lipinski definition) is 0. The number of rotatable bonds is 2. The van der Waals surface area contributed by atoms with Crippen molar-refractivity contribution in [2.75, 3.05) is 24.6 Å². The molecule has 0 spiro atoms. The van der Waals surface area contributed by atoms with Gasteiger partial charge in [0.25, 0.3) is 0 Å². The van der Waals surface area contributed by atoms with Crippen LogP contribution in [0.2, 0.25) is 0 Å². The van der Waals surface area contributed by atoms with E-state index in [0.29, 0.717) is 30.8 Å². The smallest absolute Gasteiger partial charge is 0.311 e. The molecular weight excluding hydrogens is 287 g/mol. The summed E-state index contributed by atoms with van der Waals surface area (Å²) in [6, 6.07) is 1.75. The Bertz CT molecular complexity index is 730. The summed E-state index contributed by atoms with van der Waals surface area (Å²) in [5.74, 6) is 0.246. The molecule has 1 fully saturated rings. The maximum Gasteiger partial charge on any atom is 0.311 e. The number of ether oxygens (including phenoxy) is 1. The Hall–Kier alpha value is -2.31. The SMILES string of the molecule is CCc1nc(C)cc2nc(F)nc(N3CCOC(=O)CC3)c12. The van der Waals surface area contributed by atoms with Crippen molar-refractivity contribution in [3.05, 3.63) is 23.5 Å². The largest absolute Gasteiger partial charge is 0.464 e. The first-order valence-electron chi connectivity index (χ1n) is 7.33. The maximum atomic E-state index is 13.8. The Morgan fingerprint density at radius 2 is 2.14 bits per heavy atom. The van der Waals surface area contributed by atoms with E-state index in [0.717, 1.165) is 16.8 Å². The van der Waals surface area contributed by atoms with Gasteiger partial charge in [-0.2, -0.15) is 9.37 Å². The van der Waals surface area contributed by atoms with Crippen LogP contribution in [0.5, 0.6) is 0 Å². The highest BCUT2D eigenvalue weighted by Crippen LogP contribution is 2.28. The lowest BCUT2D eigenvalue weighted by molar-refractivity contribution is -0.142. The molecule has 1 aliphatic heterocycles. The van der Waals surface area contributed by atoms with Crippen LogP contribution >= 0.6 is 0 Å². The number of hydrogen-bond acceptors (Lipinski definition) is 6. The standard InChI is InChI=1S/C15H17FN4O2/c1-3-10-13-11(8-9(2)17-10)18-15(16)19-14(13)20-5-4-12(21)22-7-6-20/h8H,3-7H2,1-2H3. The molecule has 2 aromatic heterocycles. The fourth-order valence-corrected chi connectivity index (χ4v) is 2.69. The first kappa shape index (κ1) is 14.6. The van der Waals surface area contributed by atoms with Gasteiger partial charge in [-0.3, -0.25) is 9.78 Å². The number of carbonyl (C=O) groups is 1. The number of fused-ring (bicyclic) bond motifs is 1. The van der Waals surface area contributed by atoms with Gasteiger partial charge in [0.2, 0.25) is 0 Å². The van der Waals surface area contributed by atoms with Gasteiger partial charge >= 0.3 is 12.0 Å². The minimum atomic E-state index is -0.772. The van der Waals surface area contributed by atoms with Crippen LogP contribution in [0.3, 0.4) is 0 Å². The van der Waals surface area contributed by atoms with Crippen LogP contribution in [0, 0.1) is 13.0 Å². The molecule has 22 heavy (non-hydrogen) atoms. The third-order valence-electron chi connectivity index (χ3n) is 3.68. The Labute approximate surface area is 127 Å². The van der Waals surface area contributed by atoms with Crippen molar-refractivity contribution in [3.63, 3.8) is 0 Å². The van der Waals surface area contributed by atoms with E-state index in [-0.39, 0.29) is 19.0 Å². The zero-order valence-corrected chi connectivity index (χ0v) is 12.6. The van der Waals surface area contributed by atoms with E-state index in [1.807, 2.05) is 18.7 Å². The quantitative estimate of drug-likeness (QED) is 0.622. The molecule has 0 aliphatic carbocycles. The van der Waals surface area contributed by atoms with Gasteiger partial charge in [-0.15, -0.1) is 0 Å². The molecule has 0 saturated carbocycles. The van der Waals surface area contributed by atoms with Crippen molar-refractivity contribution in [2.24, 2.45) is 0 Å². The Kier molecular flexibility index (Phi) is 3.87. The third-order valence-corrected chi connectivity index (χ3v) is 3.68. The van der Waals surface area contributed by atoms with Gasteiger partial charge in [0.1, 0.15) is 12.4 Å². The second-order valence-corrected chi connectivity index (χ2v) is 5.23. The predicted octanol–water partition coefficient (Wildman–Crippen LogP) is 1.79. The summed E-state index contributed by atoms with van der Waals surface area (Å²) < 4.78 is 18.9. The summed E-state index contributed by atoms with van der Waals surface area (Å²) in [7, 11) is 0. The average Bonchev–Trinajstić information content (AvgIpc) is 2.69. The molecule has 7 heteroatoms. The van der Waals surface area contributed by atoms with Crippen molar-refractivity contribution in [3.8, 4) is 0 Å². The number of carbonyl (C=O) groups excluding carboxylic acids is 1. The number of cyclic esters (lactones) is 1. The summed E-state index contributed by atoms with van der Waals surface area (Å²) in [6.07, 6.45) is 0.184. The van der Waals surface area contributed by atoms with E-state index in [1.165, 1.54) is 0 Å². The first-order chi connectivity index (χ1) is 10.6. The molecule has 1 saturated heterocycles. The molecule has 0 aromatic carbocycles. The van der Waals surface area contributed by atoms with E-state index >= 15 is 0 Å². The van der Waals surface area contributed by atoms with Crippen LogP contribution < -0.4 is 4.90 Å². The highest BCUT2D eigenvalue weighted by atomic mass is 19.1. The second kappa shape index (κ2) is 5.82.